The molecule has 3 aromatic carbocycles. The number of halogens is 2. The molecule has 0 saturated carbocycles. The molecule has 5 heteroatoms. The van der Waals surface area contributed by atoms with Gasteiger partial charge in [-0.2, -0.15) is 0 Å². The summed E-state index contributed by atoms with van der Waals surface area (Å²) in [5, 5.41) is 2.09. The van der Waals surface area contributed by atoms with E-state index in [1.54, 1.807) is 25.3 Å². The van der Waals surface area contributed by atoms with E-state index in [9.17, 15) is 9.18 Å². The topological polar surface area (TPSA) is 35.5 Å². The van der Waals surface area contributed by atoms with Crippen LogP contribution in [0.25, 0.3) is 16.8 Å². The fourth-order valence-corrected chi connectivity index (χ4v) is 2.81. The van der Waals surface area contributed by atoms with Crippen LogP contribution in [0.3, 0.4) is 0 Å². The van der Waals surface area contributed by atoms with E-state index in [1.807, 2.05) is 36.4 Å². The van der Waals surface area contributed by atoms with Crippen molar-refractivity contribution in [3.05, 3.63) is 82.1 Å². The van der Waals surface area contributed by atoms with Crippen molar-refractivity contribution in [2.75, 3.05) is 7.11 Å². The van der Waals surface area contributed by atoms with E-state index in [-0.39, 0.29) is 6.61 Å². The molecule has 3 rings (SSSR count). The number of esters is 1. The largest absolute Gasteiger partial charge is 0.497 e. The lowest BCUT2D eigenvalue weighted by molar-refractivity contribution is -0.138. The molecule has 0 bridgehead atoms. The summed E-state index contributed by atoms with van der Waals surface area (Å²) in [6.07, 6.45) is 3.01. The van der Waals surface area contributed by atoms with Crippen LogP contribution >= 0.6 is 15.9 Å². The normalized spacial score (nSPS) is 11.0. The van der Waals surface area contributed by atoms with E-state index in [0.29, 0.717) is 10.0 Å². The average Bonchev–Trinajstić information content (AvgIpc) is 2.65. The number of benzene rings is 3. The van der Waals surface area contributed by atoms with Crippen LogP contribution in [-0.4, -0.2) is 13.1 Å². The summed E-state index contributed by atoms with van der Waals surface area (Å²) >= 11 is 3.19. The Morgan fingerprint density at radius 3 is 2.62 bits per heavy atom. The number of ether oxygens (including phenoxy) is 2. The third kappa shape index (κ3) is 4.49. The molecule has 132 valence electrons. The molecular formula is C21H16BrFO3. The molecule has 0 aliphatic rings. The minimum atomic E-state index is -0.526. The number of fused-ring (bicyclic) bond motifs is 1. The van der Waals surface area contributed by atoms with Gasteiger partial charge in [0.2, 0.25) is 0 Å². The van der Waals surface area contributed by atoms with Crippen molar-refractivity contribution in [3.63, 3.8) is 0 Å². The Kier molecular flexibility index (Phi) is 5.68. The highest BCUT2D eigenvalue weighted by Crippen LogP contribution is 2.22. The fraction of sp³-hybridized carbons (Fsp3) is 0.0952. The van der Waals surface area contributed by atoms with Gasteiger partial charge in [0, 0.05) is 16.1 Å². The Morgan fingerprint density at radius 1 is 1.08 bits per heavy atom. The van der Waals surface area contributed by atoms with Crippen molar-refractivity contribution in [3.8, 4) is 5.75 Å². The molecular weight excluding hydrogens is 399 g/mol. The molecule has 0 unspecified atom stereocenters. The smallest absolute Gasteiger partial charge is 0.331 e. The Hall–Kier alpha value is -2.66. The van der Waals surface area contributed by atoms with Gasteiger partial charge in [-0.15, -0.1) is 0 Å². The Morgan fingerprint density at radius 2 is 1.85 bits per heavy atom. The summed E-state index contributed by atoms with van der Waals surface area (Å²) in [5.41, 5.74) is 1.20. The summed E-state index contributed by atoms with van der Waals surface area (Å²) in [7, 11) is 1.63. The molecule has 0 aliphatic carbocycles. The molecule has 0 radical (unpaired) electrons. The van der Waals surface area contributed by atoms with Crippen LogP contribution in [0.1, 0.15) is 11.1 Å². The quantitative estimate of drug-likeness (QED) is 0.408. The minimum absolute atomic E-state index is 0.111. The van der Waals surface area contributed by atoms with Crippen LogP contribution in [0.2, 0.25) is 0 Å². The lowest BCUT2D eigenvalue weighted by Gasteiger charge is -2.05. The van der Waals surface area contributed by atoms with E-state index in [2.05, 4.69) is 15.9 Å². The number of hydrogen-bond donors (Lipinski definition) is 0. The van der Waals surface area contributed by atoms with Gasteiger partial charge in [0.25, 0.3) is 0 Å². The van der Waals surface area contributed by atoms with Gasteiger partial charge >= 0.3 is 5.97 Å². The van der Waals surface area contributed by atoms with Gasteiger partial charge in [0.05, 0.1) is 7.11 Å². The predicted molar refractivity (Wildman–Crippen MR) is 103 cm³/mol. The van der Waals surface area contributed by atoms with Crippen molar-refractivity contribution in [2.24, 2.45) is 0 Å². The first kappa shape index (κ1) is 18.1. The van der Waals surface area contributed by atoms with E-state index in [1.165, 1.54) is 12.1 Å². The summed E-state index contributed by atoms with van der Waals surface area (Å²) in [5.74, 6) is -0.146. The lowest BCUT2D eigenvalue weighted by atomic mass is 10.1. The molecule has 0 atom stereocenters. The second kappa shape index (κ2) is 8.15. The molecule has 0 fully saturated rings. The lowest BCUT2D eigenvalue weighted by Crippen LogP contribution is -2.02. The molecule has 0 aliphatic heterocycles. The standard InChI is InChI=1S/C21H16BrFO3/c1-25-19-8-6-15-10-14(2-4-16(15)11-19)3-9-21(24)26-13-17-5-7-18(22)12-20(17)23/h2-12H,13H2,1H3/b9-3+. The van der Waals surface area contributed by atoms with Crippen molar-refractivity contribution in [1.82, 2.24) is 0 Å². The molecule has 0 saturated heterocycles. The highest BCUT2D eigenvalue weighted by atomic mass is 79.9. The highest BCUT2D eigenvalue weighted by Gasteiger charge is 2.05. The van der Waals surface area contributed by atoms with Gasteiger partial charge < -0.3 is 9.47 Å². The van der Waals surface area contributed by atoms with Crippen LogP contribution < -0.4 is 4.74 Å². The number of hydrogen-bond acceptors (Lipinski definition) is 3. The van der Waals surface area contributed by atoms with Crippen LogP contribution in [0.4, 0.5) is 4.39 Å². The monoisotopic (exact) mass is 414 g/mol. The first-order valence-electron chi connectivity index (χ1n) is 7.92. The number of methoxy groups -OCH3 is 1. The minimum Gasteiger partial charge on any atom is -0.497 e. The zero-order valence-electron chi connectivity index (χ0n) is 14.0. The molecule has 0 spiro atoms. The van der Waals surface area contributed by atoms with E-state index < -0.39 is 11.8 Å². The van der Waals surface area contributed by atoms with E-state index in [4.69, 9.17) is 9.47 Å². The van der Waals surface area contributed by atoms with Crippen LogP contribution in [0, 0.1) is 5.82 Å². The number of carbonyl (C=O) groups excluding carboxylic acids is 1. The number of carbonyl (C=O) groups is 1. The van der Waals surface area contributed by atoms with Gasteiger partial charge in [-0.25, -0.2) is 9.18 Å². The molecule has 3 nitrogen and oxygen atoms in total. The van der Waals surface area contributed by atoms with E-state index >= 15 is 0 Å². The Labute approximate surface area is 159 Å². The predicted octanol–water partition coefficient (Wildman–Crippen LogP) is 5.51. The summed E-state index contributed by atoms with van der Waals surface area (Å²) in [4.78, 5) is 11.9. The Balaban J connectivity index is 1.65. The maximum Gasteiger partial charge on any atom is 0.331 e. The molecule has 26 heavy (non-hydrogen) atoms. The summed E-state index contributed by atoms with van der Waals surface area (Å²) in [6, 6.07) is 16.2. The Bertz CT molecular complexity index is 982. The van der Waals surface area contributed by atoms with E-state index in [0.717, 1.165) is 22.1 Å². The molecule has 0 heterocycles. The van der Waals surface area contributed by atoms with Crippen LogP contribution in [-0.2, 0) is 16.1 Å². The fourth-order valence-electron chi connectivity index (χ4n) is 2.47. The van der Waals surface area contributed by atoms with Crippen LogP contribution in [0.5, 0.6) is 5.75 Å². The van der Waals surface area contributed by atoms with Gasteiger partial charge in [-0.3, -0.25) is 0 Å². The summed E-state index contributed by atoms with van der Waals surface area (Å²) in [6.45, 7) is -0.111. The molecule has 3 aromatic rings. The van der Waals surface area contributed by atoms with Crippen molar-refractivity contribution in [2.45, 2.75) is 6.61 Å². The first-order chi connectivity index (χ1) is 12.5. The molecule has 0 aromatic heterocycles. The SMILES string of the molecule is COc1ccc2cc(/C=C/C(=O)OCc3ccc(Br)cc3F)ccc2c1. The van der Waals surface area contributed by atoms with Gasteiger partial charge in [0.1, 0.15) is 18.2 Å². The van der Waals surface area contributed by atoms with Gasteiger partial charge in [-0.1, -0.05) is 40.2 Å². The second-order valence-electron chi connectivity index (χ2n) is 5.65. The third-order valence-electron chi connectivity index (χ3n) is 3.87. The van der Waals surface area contributed by atoms with Gasteiger partial charge in [0.15, 0.2) is 0 Å². The molecule has 0 N–H and O–H groups in total. The highest BCUT2D eigenvalue weighted by molar-refractivity contribution is 9.10. The van der Waals surface area contributed by atoms with Crippen molar-refractivity contribution >= 4 is 38.7 Å². The van der Waals surface area contributed by atoms with Crippen molar-refractivity contribution < 1.29 is 18.7 Å². The molecule has 0 amide bonds. The van der Waals surface area contributed by atoms with Gasteiger partial charge in [-0.05, 0) is 52.7 Å². The first-order valence-corrected chi connectivity index (χ1v) is 8.71. The van der Waals surface area contributed by atoms with Crippen molar-refractivity contribution in [1.29, 1.82) is 0 Å². The zero-order chi connectivity index (χ0) is 18.5. The van der Waals surface area contributed by atoms with Crippen LogP contribution in [0.15, 0.2) is 65.1 Å². The maximum atomic E-state index is 13.7. The maximum absolute atomic E-state index is 13.7. The zero-order valence-corrected chi connectivity index (χ0v) is 15.6. The summed E-state index contributed by atoms with van der Waals surface area (Å²) < 4.78 is 24.6. The number of rotatable bonds is 5. The third-order valence-corrected chi connectivity index (χ3v) is 4.36. The average molecular weight is 415 g/mol. The second-order valence-corrected chi connectivity index (χ2v) is 6.56.